The highest BCUT2D eigenvalue weighted by Crippen LogP contribution is 2.48. The molecule has 5 rings (SSSR count). The van der Waals surface area contributed by atoms with Gasteiger partial charge in [-0.2, -0.15) is 5.26 Å². The second-order valence-electron chi connectivity index (χ2n) is 13.5. The lowest BCUT2D eigenvalue weighted by molar-refractivity contribution is -0.130. The molecule has 2 aliphatic rings. The van der Waals surface area contributed by atoms with Gasteiger partial charge in [-0.25, -0.2) is 5.10 Å². The number of aryl methyl sites for hydroxylation is 2. The average molecular weight is 640 g/mol. The van der Waals surface area contributed by atoms with E-state index in [0.29, 0.717) is 62.3 Å². The summed E-state index contributed by atoms with van der Waals surface area (Å²) in [5.41, 5.74) is 3.77. The molecule has 12 nitrogen and oxygen atoms in total. The van der Waals surface area contributed by atoms with Crippen molar-refractivity contribution >= 4 is 17.7 Å². The number of tetrazole rings is 1. The monoisotopic (exact) mass is 639 g/mol. The molecule has 1 aliphatic heterocycles. The number of carbonyl (C=O) groups is 3. The lowest BCUT2D eigenvalue weighted by atomic mass is 9.64. The molecule has 1 fully saturated rings. The van der Waals surface area contributed by atoms with Crippen molar-refractivity contribution in [1.29, 1.82) is 5.26 Å². The van der Waals surface area contributed by atoms with Gasteiger partial charge in [0, 0.05) is 36.8 Å². The zero-order valence-corrected chi connectivity index (χ0v) is 27.9. The number of fused-ring (bicyclic) bond motifs is 2. The smallest absolute Gasteiger partial charge is 0.251 e. The van der Waals surface area contributed by atoms with Crippen molar-refractivity contribution in [3.63, 3.8) is 0 Å². The third-order valence-electron chi connectivity index (χ3n) is 9.52. The molecule has 1 aromatic heterocycles. The largest absolute Gasteiger partial charge is 0.352 e. The SMILES string of the molecule is CCNC(=O)c1ccc2c(c1)CCc1cc(C(=O)NCC)ccc1C2(C[C@@H](NCC(=O)N1CCCC1C#N)C(C)(C)C)c1nnn[nH]1. The molecule has 2 heterocycles. The predicted molar refractivity (Wildman–Crippen MR) is 177 cm³/mol. The van der Waals surface area contributed by atoms with Gasteiger partial charge in [0.15, 0.2) is 5.82 Å². The minimum atomic E-state index is -0.930. The van der Waals surface area contributed by atoms with Gasteiger partial charge in [0.05, 0.1) is 18.0 Å². The summed E-state index contributed by atoms with van der Waals surface area (Å²) in [4.78, 5) is 41.0. The molecule has 47 heavy (non-hydrogen) atoms. The third-order valence-corrected chi connectivity index (χ3v) is 9.52. The van der Waals surface area contributed by atoms with Crippen LogP contribution < -0.4 is 16.0 Å². The average Bonchev–Trinajstić information content (AvgIpc) is 3.75. The predicted octanol–water partition coefficient (Wildman–Crippen LogP) is 3.04. The van der Waals surface area contributed by atoms with Crippen molar-refractivity contribution in [2.24, 2.45) is 5.41 Å². The highest BCUT2D eigenvalue weighted by Gasteiger charge is 2.47. The molecular formula is C35H45N9O3. The van der Waals surface area contributed by atoms with E-state index in [9.17, 15) is 19.6 Å². The Kier molecular flexibility index (Phi) is 10.1. The second kappa shape index (κ2) is 14.0. The van der Waals surface area contributed by atoms with Crippen LogP contribution in [0.1, 0.15) is 103 Å². The fourth-order valence-electron chi connectivity index (χ4n) is 7.07. The minimum absolute atomic E-state index is 0.0802. The van der Waals surface area contributed by atoms with Crippen molar-refractivity contribution in [3.05, 3.63) is 75.6 Å². The molecule has 0 bridgehead atoms. The van der Waals surface area contributed by atoms with Crippen LogP contribution in [0, 0.1) is 16.7 Å². The van der Waals surface area contributed by atoms with Gasteiger partial charge < -0.3 is 20.9 Å². The Hall–Kier alpha value is -4.63. The van der Waals surface area contributed by atoms with Gasteiger partial charge in [-0.15, -0.1) is 5.10 Å². The number of carbonyl (C=O) groups excluding carboxylic acids is 3. The number of H-pyrrole nitrogens is 1. The Morgan fingerprint density at radius 1 is 1.02 bits per heavy atom. The molecular weight excluding hydrogens is 594 g/mol. The molecule has 0 spiro atoms. The van der Waals surface area contributed by atoms with Crippen LogP contribution in [0.15, 0.2) is 36.4 Å². The number of nitrogens with zero attached hydrogens (tertiary/aromatic N) is 5. The lowest BCUT2D eigenvalue weighted by Crippen LogP contribution is -2.51. The molecule has 1 saturated heterocycles. The van der Waals surface area contributed by atoms with E-state index in [2.05, 4.69) is 63.4 Å². The number of aromatic amines is 1. The van der Waals surface area contributed by atoms with Gasteiger partial charge >= 0.3 is 0 Å². The molecule has 3 aromatic rings. The number of nitrogens with one attached hydrogen (secondary N) is 4. The van der Waals surface area contributed by atoms with Crippen LogP contribution in [-0.2, 0) is 23.1 Å². The molecule has 248 valence electrons. The number of benzene rings is 2. The maximum Gasteiger partial charge on any atom is 0.251 e. The van der Waals surface area contributed by atoms with Crippen molar-refractivity contribution in [3.8, 4) is 6.07 Å². The number of hydrogen-bond acceptors (Lipinski definition) is 8. The quantitative estimate of drug-likeness (QED) is 0.262. The number of hydrogen-bond donors (Lipinski definition) is 4. The summed E-state index contributed by atoms with van der Waals surface area (Å²) in [6.45, 7) is 11.9. The molecule has 1 aliphatic carbocycles. The fraction of sp³-hybridized carbons (Fsp3) is 0.514. The molecule has 1 unspecified atom stereocenters. The second-order valence-corrected chi connectivity index (χ2v) is 13.5. The molecule has 2 aromatic carbocycles. The normalized spacial score (nSPS) is 17.5. The van der Waals surface area contributed by atoms with E-state index in [-0.39, 0.29) is 35.7 Å². The van der Waals surface area contributed by atoms with E-state index >= 15 is 0 Å². The highest BCUT2D eigenvalue weighted by molar-refractivity contribution is 5.95. The summed E-state index contributed by atoms with van der Waals surface area (Å²) in [5, 5.41) is 34.6. The number of rotatable bonds is 10. The Morgan fingerprint density at radius 2 is 1.62 bits per heavy atom. The van der Waals surface area contributed by atoms with Gasteiger partial charge in [0.1, 0.15) is 6.04 Å². The minimum Gasteiger partial charge on any atom is -0.352 e. The Balaban J connectivity index is 1.66. The zero-order valence-electron chi connectivity index (χ0n) is 27.9. The first kappa shape index (κ1) is 33.7. The summed E-state index contributed by atoms with van der Waals surface area (Å²) < 4.78 is 0. The van der Waals surface area contributed by atoms with Crippen LogP contribution in [0.2, 0.25) is 0 Å². The number of nitriles is 1. The van der Waals surface area contributed by atoms with Crippen LogP contribution in [0.4, 0.5) is 0 Å². The van der Waals surface area contributed by atoms with Crippen molar-refractivity contribution in [1.82, 2.24) is 41.5 Å². The summed E-state index contributed by atoms with van der Waals surface area (Å²) in [6.07, 6.45) is 3.24. The molecule has 0 radical (unpaired) electrons. The third kappa shape index (κ3) is 6.76. The van der Waals surface area contributed by atoms with Gasteiger partial charge in [0.2, 0.25) is 5.91 Å². The lowest BCUT2D eigenvalue weighted by Gasteiger charge is -2.42. The van der Waals surface area contributed by atoms with Crippen LogP contribution in [0.3, 0.4) is 0 Å². The maximum atomic E-state index is 13.4. The summed E-state index contributed by atoms with van der Waals surface area (Å²) >= 11 is 0. The first-order valence-corrected chi connectivity index (χ1v) is 16.5. The Labute approximate surface area is 276 Å². The molecule has 0 saturated carbocycles. The van der Waals surface area contributed by atoms with E-state index in [1.165, 1.54) is 0 Å². The van der Waals surface area contributed by atoms with E-state index < -0.39 is 11.5 Å². The first-order chi connectivity index (χ1) is 22.5. The number of amides is 3. The molecule has 4 N–H and O–H groups in total. The standard InChI is InChI=1S/C35H45N9O3/c1-6-37-31(46)24-12-14-27-22(17-24)10-11-23-18-25(32(47)38-7-2)13-15-28(23)35(27,33-40-42-43-41-33)19-29(34(3,4)5)39-21-30(45)44-16-8-9-26(44)20-36/h12-15,17-18,26,29,39H,6-11,16,19,21H2,1-5H3,(H,37,46)(H,38,47)(H,40,41,42,43)/t26?,29-/m1/s1. The molecule has 12 heteroatoms. The topological polar surface area (TPSA) is 169 Å². The zero-order chi connectivity index (χ0) is 33.8. The summed E-state index contributed by atoms with van der Waals surface area (Å²) in [7, 11) is 0. The number of likely N-dealkylation sites (tertiary alicyclic amines) is 1. The van der Waals surface area contributed by atoms with Crippen molar-refractivity contribution < 1.29 is 14.4 Å². The van der Waals surface area contributed by atoms with Gasteiger partial charge in [0.25, 0.3) is 11.8 Å². The van der Waals surface area contributed by atoms with E-state index in [4.69, 9.17) is 0 Å². The van der Waals surface area contributed by atoms with Crippen molar-refractivity contribution in [2.75, 3.05) is 26.2 Å². The number of aromatic nitrogens is 4. The maximum absolute atomic E-state index is 13.4. The van der Waals surface area contributed by atoms with Crippen LogP contribution in [0.5, 0.6) is 0 Å². The van der Waals surface area contributed by atoms with E-state index in [1.54, 1.807) is 4.90 Å². The van der Waals surface area contributed by atoms with Gasteiger partial charge in [-0.05, 0) is 108 Å². The van der Waals surface area contributed by atoms with E-state index in [1.807, 2.05) is 50.2 Å². The van der Waals surface area contributed by atoms with Gasteiger partial charge in [-0.3, -0.25) is 14.4 Å². The Bertz CT molecular complexity index is 1590. The Morgan fingerprint density at radius 3 is 2.11 bits per heavy atom. The molecule has 3 amide bonds. The van der Waals surface area contributed by atoms with E-state index in [0.717, 1.165) is 28.7 Å². The fourth-order valence-corrected chi connectivity index (χ4v) is 7.07. The van der Waals surface area contributed by atoms with Crippen molar-refractivity contribution in [2.45, 2.75) is 84.2 Å². The van der Waals surface area contributed by atoms with Gasteiger partial charge in [-0.1, -0.05) is 32.9 Å². The van der Waals surface area contributed by atoms with Crippen LogP contribution in [0.25, 0.3) is 0 Å². The summed E-state index contributed by atoms with van der Waals surface area (Å²) in [6, 6.07) is 13.2. The first-order valence-electron chi connectivity index (χ1n) is 16.5. The highest BCUT2D eigenvalue weighted by atomic mass is 16.2. The van der Waals surface area contributed by atoms with Crippen LogP contribution in [-0.4, -0.2) is 81.5 Å². The van der Waals surface area contributed by atoms with Crippen LogP contribution >= 0.6 is 0 Å². The summed E-state index contributed by atoms with van der Waals surface area (Å²) in [5.74, 6) is 0.143. The molecule has 2 atom stereocenters.